The lowest BCUT2D eigenvalue weighted by Gasteiger charge is -2.16. The van der Waals surface area contributed by atoms with Crippen LogP contribution in [0, 0.1) is 5.92 Å². The Morgan fingerprint density at radius 3 is 3.14 bits per heavy atom. The van der Waals surface area contributed by atoms with Gasteiger partial charge in [0.1, 0.15) is 5.82 Å². The molecule has 0 radical (unpaired) electrons. The van der Waals surface area contributed by atoms with E-state index < -0.39 is 0 Å². The minimum Gasteiger partial charge on any atom is -0.311 e. The van der Waals surface area contributed by atoms with Crippen molar-refractivity contribution in [3.8, 4) is 0 Å². The number of nitrogens with one attached hydrogen (secondary N) is 1. The van der Waals surface area contributed by atoms with Crippen molar-refractivity contribution in [2.45, 2.75) is 33.2 Å². The van der Waals surface area contributed by atoms with E-state index in [9.17, 15) is 0 Å². The van der Waals surface area contributed by atoms with Crippen LogP contribution in [0.3, 0.4) is 0 Å². The van der Waals surface area contributed by atoms with E-state index in [4.69, 9.17) is 0 Å². The second kappa shape index (κ2) is 4.05. The van der Waals surface area contributed by atoms with Crippen LogP contribution in [0.4, 0.5) is 0 Å². The standard InChI is InChI=1S/C11H17N3/c1-8(2)5-11-13-6-9-3-4-12-7-10(9)14-11/h6,8,12H,3-5,7H2,1-2H3. The van der Waals surface area contributed by atoms with Crippen LogP contribution in [0.2, 0.25) is 0 Å². The Bertz CT molecular complexity index is 320. The van der Waals surface area contributed by atoms with Crippen LogP contribution in [0.15, 0.2) is 6.20 Å². The summed E-state index contributed by atoms with van der Waals surface area (Å²) in [6.45, 7) is 6.35. The predicted molar refractivity (Wildman–Crippen MR) is 56.0 cm³/mol. The van der Waals surface area contributed by atoms with Crippen molar-refractivity contribution in [2.24, 2.45) is 5.92 Å². The van der Waals surface area contributed by atoms with Crippen molar-refractivity contribution in [1.82, 2.24) is 15.3 Å². The second-order valence-corrected chi connectivity index (χ2v) is 4.28. The maximum absolute atomic E-state index is 4.58. The molecule has 1 aromatic rings. The molecule has 0 fully saturated rings. The highest BCUT2D eigenvalue weighted by Gasteiger charge is 2.11. The highest BCUT2D eigenvalue weighted by atomic mass is 14.9. The zero-order valence-corrected chi connectivity index (χ0v) is 8.88. The molecule has 0 aliphatic carbocycles. The Hall–Kier alpha value is -0.960. The van der Waals surface area contributed by atoms with Gasteiger partial charge in [0.2, 0.25) is 0 Å². The molecule has 0 amide bonds. The fraction of sp³-hybridized carbons (Fsp3) is 0.636. The van der Waals surface area contributed by atoms with Gasteiger partial charge in [-0.05, 0) is 24.4 Å². The highest BCUT2D eigenvalue weighted by molar-refractivity contribution is 5.20. The Morgan fingerprint density at radius 2 is 2.36 bits per heavy atom. The summed E-state index contributed by atoms with van der Waals surface area (Å²) in [6.07, 6.45) is 4.05. The molecule has 1 N–H and O–H groups in total. The van der Waals surface area contributed by atoms with Gasteiger partial charge >= 0.3 is 0 Å². The maximum atomic E-state index is 4.58. The number of fused-ring (bicyclic) bond motifs is 1. The first-order valence-electron chi connectivity index (χ1n) is 5.30. The van der Waals surface area contributed by atoms with Crippen LogP contribution in [-0.2, 0) is 19.4 Å². The topological polar surface area (TPSA) is 37.8 Å². The molecule has 0 saturated heterocycles. The zero-order valence-electron chi connectivity index (χ0n) is 8.88. The summed E-state index contributed by atoms with van der Waals surface area (Å²) in [5.41, 5.74) is 2.51. The van der Waals surface area contributed by atoms with Crippen LogP contribution < -0.4 is 5.32 Å². The van der Waals surface area contributed by atoms with Gasteiger partial charge in [0.25, 0.3) is 0 Å². The molecule has 0 atom stereocenters. The molecule has 1 aliphatic rings. The molecule has 14 heavy (non-hydrogen) atoms. The van der Waals surface area contributed by atoms with E-state index in [1.807, 2.05) is 6.20 Å². The monoisotopic (exact) mass is 191 g/mol. The van der Waals surface area contributed by atoms with Gasteiger partial charge in [-0.1, -0.05) is 13.8 Å². The smallest absolute Gasteiger partial charge is 0.128 e. The highest BCUT2D eigenvalue weighted by Crippen LogP contribution is 2.11. The van der Waals surface area contributed by atoms with Crippen molar-refractivity contribution < 1.29 is 0 Å². The van der Waals surface area contributed by atoms with Crippen LogP contribution in [0.25, 0.3) is 0 Å². The van der Waals surface area contributed by atoms with Gasteiger partial charge in [-0.2, -0.15) is 0 Å². The third-order valence-electron chi connectivity index (χ3n) is 2.46. The van der Waals surface area contributed by atoms with Gasteiger partial charge in [0.05, 0.1) is 5.69 Å². The zero-order chi connectivity index (χ0) is 9.97. The third-order valence-corrected chi connectivity index (χ3v) is 2.46. The summed E-state index contributed by atoms with van der Waals surface area (Å²) >= 11 is 0. The van der Waals surface area contributed by atoms with Gasteiger partial charge in [-0.25, -0.2) is 9.97 Å². The SMILES string of the molecule is CC(C)Cc1ncc2c(n1)CNCC2. The summed E-state index contributed by atoms with van der Waals surface area (Å²) in [4.78, 5) is 8.97. The van der Waals surface area contributed by atoms with Gasteiger partial charge in [0, 0.05) is 19.2 Å². The average Bonchev–Trinajstić information content (AvgIpc) is 2.17. The third kappa shape index (κ3) is 2.10. The minimum atomic E-state index is 0.629. The lowest BCUT2D eigenvalue weighted by molar-refractivity contribution is 0.588. The molecule has 1 aliphatic heterocycles. The number of hydrogen-bond acceptors (Lipinski definition) is 3. The first kappa shape index (κ1) is 9.59. The molecule has 2 rings (SSSR count). The molecule has 76 valence electrons. The Balaban J connectivity index is 2.20. The summed E-state index contributed by atoms with van der Waals surface area (Å²) in [5, 5.41) is 3.33. The molecular weight excluding hydrogens is 174 g/mol. The molecule has 1 aromatic heterocycles. The Labute approximate surface area is 85.0 Å². The van der Waals surface area contributed by atoms with Crippen molar-refractivity contribution in [3.63, 3.8) is 0 Å². The van der Waals surface area contributed by atoms with Gasteiger partial charge in [0.15, 0.2) is 0 Å². The average molecular weight is 191 g/mol. The molecule has 0 aromatic carbocycles. The van der Waals surface area contributed by atoms with Crippen molar-refractivity contribution >= 4 is 0 Å². The van der Waals surface area contributed by atoms with Crippen LogP contribution in [-0.4, -0.2) is 16.5 Å². The number of aromatic nitrogens is 2. The van der Waals surface area contributed by atoms with Gasteiger partial charge in [-0.15, -0.1) is 0 Å². The first-order chi connectivity index (χ1) is 6.75. The van der Waals surface area contributed by atoms with E-state index >= 15 is 0 Å². The van der Waals surface area contributed by atoms with E-state index in [-0.39, 0.29) is 0 Å². The molecule has 0 bridgehead atoms. The van der Waals surface area contributed by atoms with Crippen LogP contribution in [0.5, 0.6) is 0 Å². The maximum Gasteiger partial charge on any atom is 0.128 e. The van der Waals surface area contributed by atoms with Crippen molar-refractivity contribution in [2.75, 3.05) is 6.54 Å². The van der Waals surface area contributed by atoms with Crippen LogP contribution in [0.1, 0.15) is 30.9 Å². The van der Waals surface area contributed by atoms with E-state index in [1.165, 1.54) is 11.3 Å². The molecule has 0 saturated carbocycles. The van der Waals surface area contributed by atoms with Gasteiger partial charge < -0.3 is 5.32 Å². The summed E-state index contributed by atoms with van der Waals surface area (Å²) < 4.78 is 0. The Morgan fingerprint density at radius 1 is 1.50 bits per heavy atom. The lowest BCUT2D eigenvalue weighted by atomic mass is 10.1. The first-order valence-corrected chi connectivity index (χ1v) is 5.30. The molecule has 3 heteroatoms. The summed E-state index contributed by atoms with van der Waals surface area (Å²) in [5.74, 6) is 1.62. The van der Waals surface area contributed by atoms with Gasteiger partial charge in [-0.3, -0.25) is 0 Å². The van der Waals surface area contributed by atoms with E-state index in [1.54, 1.807) is 0 Å². The summed E-state index contributed by atoms with van der Waals surface area (Å²) in [7, 11) is 0. The fourth-order valence-electron chi connectivity index (χ4n) is 1.74. The molecule has 2 heterocycles. The quantitative estimate of drug-likeness (QED) is 0.766. The predicted octanol–water partition coefficient (Wildman–Crippen LogP) is 1.32. The molecule has 0 spiro atoms. The van der Waals surface area contributed by atoms with E-state index in [2.05, 4.69) is 29.1 Å². The summed E-state index contributed by atoms with van der Waals surface area (Å²) in [6, 6.07) is 0. The molecule has 3 nitrogen and oxygen atoms in total. The number of rotatable bonds is 2. The van der Waals surface area contributed by atoms with E-state index in [0.29, 0.717) is 5.92 Å². The Kier molecular flexibility index (Phi) is 2.77. The fourth-order valence-corrected chi connectivity index (χ4v) is 1.74. The molecule has 0 unspecified atom stereocenters. The molecular formula is C11H17N3. The minimum absolute atomic E-state index is 0.629. The lowest BCUT2D eigenvalue weighted by Crippen LogP contribution is -2.25. The number of hydrogen-bond donors (Lipinski definition) is 1. The van der Waals surface area contributed by atoms with Crippen LogP contribution >= 0.6 is 0 Å². The normalized spacial score (nSPS) is 15.6. The van der Waals surface area contributed by atoms with E-state index in [0.717, 1.165) is 31.8 Å². The largest absolute Gasteiger partial charge is 0.311 e. The van der Waals surface area contributed by atoms with Crippen molar-refractivity contribution in [3.05, 3.63) is 23.3 Å². The second-order valence-electron chi connectivity index (χ2n) is 4.28. The number of nitrogens with zero attached hydrogens (tertiary/aromatic N) is 2. The van der Waals surface area contributed by atoms with Crippen molar-refractivity contribution in [1.29, 1.82) is 0 Å².